The molecule has 0 radical (unpaired) electrons. The summed E-state index contributed by atoms with van der Waals surface area (Å²) in [4.78, 5) is 185. The number of carbonyl (C=O) groups is 12. The number of likely N-dealkylation sites (N-methyl/N-ethyl adjacent to an activating group) is 7. The summed E-state index contributed by atoms with van der Waals surface area (Å²) in [5.41, 5.74) is 1.19. The van der Waals surface area contributed by atoms with Gasteiger partial charge in [0.1, 0.15) is 66.2 Å². The number of aliphatic hydroxyl groups excluding tert-OH is 1. The fourth-order valence-electron chi connectivity index (χ4n) is 13.9. The molecule has 0 aromatic heterocycles. The molecule has 3 heterocycles. The molecule has 2 aromatic rings. The van der Waals surface area contributed by atoms with Gasteiger partial charge in [-0.15, -0.1) is 12.4 Å². The van der Waals surface area contributed by atoms with Gasteiger partial charge in [0.15, 0.2) is 18.1 Å². The highest BCUT2D eigenvalue weighted by molar-refractivity contribution is 6.30. The molecule has 5 N–H and O–H groups in total. The number of ether oxygens (including phenoxy) is 3. The Hall–Kier alpha value is -8.28. The van der Waals surface area contributed by atoms with Gasteiger partial charge < -0.3 is 79.8 Å². The van der Waals surface area contributed by atoms with Crippen molar-refractivity contribution in [1.29, 1.82) is 0 Å². The maximum atomic E-state index is 15.1. The van der Waals surface area contributed by atoms with E-state index >= 15 is 9.59 Å². The van der Waals surface area contributed by atoms with Crippen LogP contribution in [-0.2, 0) is 64.1 Å². The highest BCUT2D eigenvalue weighted by Crippen LogP contribution is 2.33. The number of hydrogen-bond donors (Lipinski definition) is 5. The lowest BCUT2D eigenvalue weighted by molar-refractivity contribution is -0.157. The number of allylic oxidation sites excluding steroid dienone is 2. The van der Waals surface area contributed by atoms with Crippen LogP contribution >= 0.6 is 24.0 Å². The number of amides is 12. The molecule has 0 bridgehead atoms. The molecule has 12 unspecified atom stereocenters. The van der Waals surface area contributed by atoms with Crippen molar-refractivity contribution in [3.63, 3.8) is 0 Å². The number of fused-ring (bicyclic) bond motifs is 1. The molecule has 3 aliphatic heterocycles. The number of halogens is 2. The van der Waals surface area contributed by atoms with Gasteiger partial charge >= 0.3 is 0 Å². The molecule has 5 rings (SSSR count). The second-order valence-electron chi connectivity index (χ2n) is 32.7. The molecular weight excluding hydrogens is 1490 g/mol. The van der Waals surface area contributed by atoms with Crippen molar-refractivity contribution >= 4 is 94.9 Å². The monoisotopic (exact) mass is 1630 g/mol. The first-order chi connectivity index (χ1) is 52.4. The molecule has 2 fully saturated rings. The van der Waals surface area contributed by atoms with Gasteiger partial charge in [-0.25, -0.2) is 0 Å². The van der Waals surface area contributed by atoms with E-state index in [0.717, 1.165) is 40.9 Å². The van der Waals surface area contributed by atoms with Crippen LogP contribution in [0.3, 0.4) is 0 Å². The topological polar surface area (TPSA) is 330 Å². The predicted molar refractivity (Wildman–Crippen MR) is 437 cm³/mol. The lowest BCUT2D eigenvalue weighted by Gasteiger charge is -2.41. The SMILES string of the molecule is CC=CCC(C)C(O)C1C(=O)NC(CC)C(=O)N(C)CC(=O)N(C)C(CC(C)C)C(=O)NC(C(C)C)C(=O)N(C)C(CC(C)C)C(=O)NC(C)C(=O)NC(C)C(=O)N(C)C(CC(C)C)C(=O)N(C)C(CC(C)C)C(=O)N(C)C(C(C)C)C(=O)N1C.Cl.O=C(COc1ccc(Cl)cc1)N1CCN(Cc2ccc3c(c2)OCO3)CC1. The Kier molecular flexibility index (Phi) is 40.5. The second kappa shape index (κ2) is 46.3. The Morgan fingerprint density at radius 1 is 0.549 bits per heavy atom. The van der Waals surface area contributed by atoms with Crippen LogP contribution < -0.4 is 35.5 Å². The largest absolute Gasteiger partial charge is 0.484 e. The van der Waals surface area contributed by atoms with Crippen LogP contribution in [0.15, 0.2) is 54.6 Å². The molecule has 0 aliphatic carbocycles. The van der Waals surface area contributed by atoms with Crippen molar-refractivity contribution in [3.8, 4) is 17.2 Å². The second-order valence-corrected chi connectivity index (χ2v) is 33.1. The van der Waals surface area contributed by atoms with Crippen molar-refractivity contribution in [2.45, 2.75) is 229 Å². The van der Waals surface area contributed by atoms with Crippen LogP contribution in [0.2, 0.25) is 5.02 Å². The van der Waals surface area contributed by atoms with Gasteiger partial charge in [0.05, 0.1) is 12.6 Å². The van der Waals surface area contributed by atoms with Crippen molar-refractivity contribution < 1.29 is 76.9 Å². The molecule has 2 saturated heterocycles. The molecule has 29 nitrogen and oxygen atoms in total. The minimum Gasteiger partial charge on any atom is -0.484 e. The van der Waals surface area contributed by atoms with E-state index in [1.165, 1.54) is 93.2 Å². The number of rotatable bonds is 20. The minimum absolute atomic E-state index is 0. The van der Waals surface area contributed by atoms with Crippen LogP contribution in [0.5, 0.6) is 17.2 Å². The third kappa shape index (κ3) is 28.6. The van der Waals surface area contributed by atoms with Gasteiger partial charge in [0.25, 0.3) is 5.91 Å². The van der Waals surface area contributed by atoms with Crippen molar-refractivity contribution in [2.75, 3.05) is 95.5 Å². The van der Waals surface area contributed by atoms with E-state index < -0.39 is 156 Å². The Labute approximate surface area is 682 Å². The zero-order valence-electron chi connectivity index (χ0n) is 71.4. The summed E-state index contributed by atoms with van der Waals surface area (Å²) < 4.78 is 16.3. The molecular formula is C82H133Cl2N13O16. The molecule has 31 heteroatoms. The Morgan fingerprint density at radius 2 is 1.04 bits per heavy atom. The highest BCUT2D eigenvalue weighted by Gasteiger charge is 2.46. The summed E-state index contributed by atoms with van der Waals surface area (Å²) in [5, 5.41) is 23.7. The lowest BCUT2D eigenvalue weighted by atomic mass is 9.91. The molecule has 3 aliphatic rings. The van der Waals surface area contributed by atoms with Gasteiger partial charge in [-0.3, -0.25) is 62.4 Å². The molecule has 0 spiro atoms. The highest BCUT2D eigenvalue weighted by atomic mass is 35.5. The summed E-state index contributed by atoms with van der Waals surface area (Å²) >= 11 is 5.85. The molecule has 0 saturated carbocycles. The number of hydrogen-bond acceptors (Lipinski definition) is 17. The summed E-state index contributed by atoms with van der Waals surface area (Å²) in [6, 6.07) is 0.729. The summed E-state index contributed by atoms with van der Waals surface area (Å²) in [7, 11) is 9.92. The Bertz CT molecular complexity index is 3540. The fourth-order valence-corrected chi connectivity index (χ4v) is 14.0. The minimum atomic E-state index is -1.61. The number of nitrogens with zero attached hydrogens (tertiary/aromatic N) is 9. The van der Waals surface area contributed by atoms with Gasteiger partial charge in [-0.05, 0) is 143 Å². The van der Waals surface area contributed by atoms with Crippen molar-refractivity contribution in [2.24, 2.45) is 41.4 Å². The molecule has 113 heavy (non-hydrogen) atoms. The van der Waals surface area contributed by atoms with Crippen molar-refractivity contribution in [1.82, 2.24) is 65.4 Å². The third-order valence-corrected chi connectivity index (χ3v) is 21.1. The zero-order valence-corrected chi connectivity index (χ0v) is 72.9. The lowest BCUT2D eigenvalue weighted by Crippen LogP contribution is -2.63. The first-order valence-corrected chi connectivity index (χ1v) is 39.9. The number of benzene rings is 2. The smallest absolute Gasteiger partial charge is 0.260 e. The van der Waals surface area contributed by atoms with E-state index in [2.05, 4.69) is 32.2 Å². The quantitative estimate of drug-likeness (QED) is 0.0885. The fraction of sp³-hybridized carbons (Fsp3) is 0.683. The standard InChI is InChI=1S/C62H111N11O12.C20H21ClN2O4.ClH/c1-25-27-28-40(15)52(75)51-56(79)65-43(26-2)58(81)67(18)33-48(74)68(19)44(29-34(3)4)55(78)66-49(38(11)12)61(84)69(20)45(30-35(5)6)54(77)63-41(16)53(76)64-42(17)57(80)70(21)46(31-36(7)8)59(82)71(22)47(32-37(9)10)60(83)72(23)50(39(13)14)62(85)73(51)24;21-16-2-4-17(5-3-16)25-13-20(24)23-9-7-22(8-10-23)12-15-1-6-18-19(11-15)27-14-26-18;/h25,27,34-47,49-52,75H,26,28-33H2,1-24H3,(H,63,77)(H,64,76)(H,65,79)(H,66,78);1-6,11H,7-10,12-14H2;1H. The Morgan fingerprint density at radius 3 is 1.56 bits per heavy atom. The van der Waals surface area contributed by atoms with Crippen LogP contribution in [0.1, 0.15) is 162 Å². The van der Waals surface area contributed by atoms with Gasteiger partial charge in [-0.1, -0.05) is 127 Å². The van der Waals surface area contributed by atoms with E-state index in [4.69, 9.17) is 25.8 Å². The first kappa shape index (κ1) is 98.9. The van der Waals surface area contributed by atoms with Crippen molar-refractivity contribution in [3.05, 3.63) is 65.2 Å². The summed E-state index contributed by atoms with van der Waals surface area (Å²) in [6.07, 6.45) is 3.04. The van der Waals surface area contributed by atoms with Gasteiger partial charge in [0, 0.05) is 87.1 Å². The van der Waals surface area contributed by atoms with Crippen LogP contribution in [-0.4, -0.2) is 282 Å². The maximum Gasteiger partial charge on any atom is 0.260 e. The van der Waals surface area contributed by atoms with E-state index in [1.807, 2.05) is 78.5 Å². The molecule has 12 amide bonds. The van der Waals surface area contributed by atoms with Crippen LogP contribution in [0.25, 0.3) is 0 Å². The molecule has 636 valence electrons. The number of nitrogens with one attached hydrogen (secondary N) is 4. The average Bonchev–Trinajstić information content (AvgIpc) is 1.25. The first-order valence-electron chi connectivity index (χ1n) is 39.5. The summed E-state index contributed by atoms with van der Waals surface area (Å²) in [5.74, 6) is -7.45. The number of piperazine rings is 1. The molecule has 2 aromatic carbocycles. The van der Waals surface area contributed by atoms with Gasteiger partial charge in [-0.2, -0.15) is 0 Å². The van der Waals surface area contributed by atoms with E-state index in [1.54, 1.807) is 78.8 Å². The number of carbonyl (C=O) groups excluding carboxylic acids is 12. The Balaban J connectivity index is 0.000000973. The average molecular weight is 1630 g/mol. The van der Waals surface area contributed by atoms with E-state index in [9.17, 15) is 53.1 Å². The van der Waals surface area contributed by atoms with Crippen LogP contribution in [0, 0.1) is 41.4 Å². The summed E-state index contributed by atoms with van der Waals surface area (Å²) in [6.45, 7) is 33.6. The normalized spacial score (nSPS) is 24.2. The number of aliphatic hydroxyl groups is 1. The third-order valence-electron chi connectivity index (χ3n) is 20.8. The van der Waals surface area contributed by atoms with E-state index in [0.29, 0.717) is 30.3 Å². The predicted octanol–water partition coefficient (Wildman–Crippen LogP) is 6.48. The zero-order chi connectivity index (χ0) is 84.6. The maximum absolute atomic E-state index is 15.1. The van der Waals surface area contributed by atoms with Gasteiger partial charge in [0.2, 0.25) is 71.8 Å². The molecule has 12 atom stereocenters. The van der Waals surface area contributed by atoms with Crippen LogP contribution in [0.4, 0.5) is 0 Å². The van der Waals surface area contributed by atoms with E-state index in [-0.39, 0.29) is 87.5 Å².